The number of hydrogen-bond donors (Lipinski definition) is 3. The number of alkyl halides is 3. The predicted octanol–water partition coefficient (Wildman–Crippen LogP) is 4.10. The summed E-state index contributed by atoms with van der Waals surface area (Å²) in [6, 6.07) is 1.64. The SMILES string of the molecule is COc1c(S)c(C(F)(F)F)cc(C)c1C(=O)N[C@@H]1CCC[C@@H]1NC1CCC1. The van der Waals surface area contributed by atoms with E-state index in [-0.39, 0.29) is 33.9 Å². The first-order chi connectivity index (χ1) is 12.7. The first-order valence-electron chi connectivity index (χ1n) is 9.27. The first-order valence-corrected chi connectivity index (χ1v) is 9.71. The molecule has 0 unspecified atom stereocenters. The second-order valence-corrected chi connectivity index (χ2v) is 7.85. The van der Waals surface area contributed by atoms with E-state index in [0.29, 0.717) is 6.04 Å². The van der Waals surface area contributed by atoms with Crippen molar-refractivity contribution >= 4 is 18.5 Å². The molecule has 0 saturated heterocycles. The molecule has 27 heavy (non-hydrogen) atoms. The summed E-state index contributed by atoms with van der Waals surface area (Å²) < 4.78 is 44.8. The van der Waals surface area contributed by atoms with Crippen LogP contribution in [0.1, 0.15) is 60.0 Å². The van der Waals surface area contributed by atoms with Crippen LogP contribution in [0.2, 0.25) is 0 Å². The average molecular weight is 402 g/mol. The molecule has 4 nitrogen and oxygen atoms in total. The number of hydrogen-bond acceptors (Lipinski definition) is 4. The molecule has 2 saturated carbocycles. The molecule has 0 aromatic heterocycles. The van der Waals surface area contributed by atoms with Crippen LogP contribution in [0.15, 0.2) is 11.0 Å². The van der Waals surface area contributed by atoms with Crippen molar-refractivity contribution in [1.82, 2.24) is 10.6 Å². The Kier molecular flexibility index (Phi) is 5.96. The smallest absolute Gasteiger partial charge is 0.417 e. The lowest BCUT2D eigenvalue weighted by molar-refractivity contribution is -0.139. The van der Waals surface area contributed by atoms with Crippen LogP contribution in [-0.2, 0) is 6.18 Å². The minimum Gasteiger partial charge on any atom is -0.495 e. The Bertz CT molecular complexity index is 720. The van der Waals surface area contributed by atoms with Crippen LogP contribution in [0.25, 0.3) is 0 Å². The van der Waals surface area contributed by atoms with E-state index < -0.39 is 17.6 Å². The highest BCUT2D eigenvalue weighted by Gasteiger charge is 2.37. The summed E-state index contributed by atoms with van der Waals surface area (Å²) in [4.78, 5) is 12.5. The molecule has 2 fully saturated rings. The maximum absolute atomic E-state index is 13.2. The number of carbonyl (C=O) groups excluding carboxylic acids is 1. The van der Waals surface area contributed by atoms with Gasteiger partial charge in [-0.25, -0.2) is 0 Å². The van der Waals surface area contributed by atoms with E-state index in [1.165, 1.54) is 20.5 Å². The Hall–Kier alpha value is -1.41. The fourth-order valence-corrected chi connectivity index (χ4v) is 4.32. The van der Waals surface area contributed by atoms with Crippen molar-refractivity contribution in [3.05, 3.63) is 22.8 Å². The minimum absolute atomic E-state index is 0.0344. The van der Waals surface area contributed by atoms with Gasteiger partial charge in [0.2, 0.25) is 0 Å². The summed E-state index contributed by atoms with van der Waals surface area (Å²) in [5.41, 5.74) is -0.567. The van der Waals surface area contributed by atoms with Crippen LogP contribution in [0.4, 0.5) is 13.2 Å². The molecule has 0 radical (unpaired) electrons. The van der Waals surface area contributed by atoms with Crippen molar-refractivity contribution in [3.63, 3.8) is 0 Å². The molecule has 1 aromatic rings. The maximum Gasteiger partial charge on any atom is 0.417 e. The molecule has 0 heterocycles. The zero-order valence-corrected chi connectivity index (χ0v) is 16.3. The fraction of sp³-hybridized carbons (Fsp3) is 0.632. The summed E-state index contributed by atoms with van der Waals surface area (Å²) in [6.45, 7) is 1.48. The van der Waals surface area contributed by atoms with E-state index in [0.717, 1.165) is 38.2 Å². The van der Waals surface area contributed by atoms with Crippen LogP contribution in [-0.4, -0.2) is 31.1 Å². The summed E-state index contributed by atoms with van der Waals surface area (Å²) in [7, 11) is 1.25. The normalized spacial score (nSPS) is 23.2. The highest BCUT2D eigenvalue weighted by molar-refractivity contribution is 7.80. The number of nitrogens with one attached hydrogen (secondary N) is 2. The molecule has 2 N–H and O–H groups in total. The van der Waals surface area contributed by atoms with Crippen LogP contribution in [0, 0.1) is 6.92 Å². The number of rotatable bonds is 5. The molecule has 2 aliphatic carbocycles. The van der Waals surface area contributed by atoms with Crippen molar-refractivity contribution in [1.29, 1.82) is 0 Å². The van der Waals surface area contributed by atoms with E-state index in [4.69, 9.17) is 4.74 Å². The highest BCUT2D eigenvalue weighted by atomic mass is 32.1. The summed E-state index contributed by atoms with van der Waals surface area (Å²) in [6.07, 6.45) is 1.84. The third-order valence-corrected chi connectivity index (χ3v) is 6.02. The zero-order valence-electron chi connectivity index (χ0n) is 15.4. The average Bonchev–Trinajstić information content (AvgIpc) is 2.98. The Morgan fingerprint density at radius 2 is 1.81 bits per heavy atom. The monoisotopic (exact) mass is 402 g/mol. The molecule has 0 spiro atoms. The molecule has 2 atom stereocenters. The Labute approximate surface area is 162 Å². The molecule has 0 aliphatic heterocycles. The predicted molar refractivity (Wildman–Crippen MR) is 99.7 cm³/mol. The van der Waals surface area contributed by atoms with Gasteiger partial charge >= 0.3 is 6.18 Å². The topological polar surface area (TPSA) is 50.4 Å². The van der Waals surface area contributed by atoms with Crippen LogP contribution < -0.4 is 15.4 Å². The fourth-order valence-electron chi connectivity index (χ4n) is 3.92. The number of carbonyl (C=O) groups is 1. The van der Waals surface area contributed by atoms with E-state index in [1.807, 2.05) is 0 Å². The number of halogens is 3. The highest BCUT2D eigenvalue weighted by Crippen LogP contribution is 2.41. The molecule has 8 heteroatoms. The van der Waals surface area contributed by atoms with Crippen molar-refractivity contribution < 1.29 is 22.7 Å². The van der Waals surface area contributed by atoms with Gasteiger partial charge in [-0.05, 0) is 50.7 Å². The van der Waals surface area contributed by atoms with Gasteiger partial charge in [-0.15, -0.1) is 12.6 Å². The Morgan fingerprint density at radius 3 is 2.37 bits per heavy atom. The quantitative estimate of drug-likeness (QED) is 0.650. The molecule has 150 valence electrons. The van der Waals surface area contributed by atoms with Gasteiger partial charge in [-0.1, -0.05) is 6.42 Å². The van der Waals surface area contributed by atoms with Crippen LogP contribution >= 0.6 is 12.6 Å². The molecule has 0 bridgehead atoms. The van der Waals surface area contributed by atoms with Gasteiger partial charge in [-0.2, -0.15) is 13.2 Å². The Morgan fingerprint density at radius 1 is 1.19 bits per heavy atom. The molecule has 1 aromatic carbocycles. The molecule has 3 rings (SSSR count). The van der Waals surface area contributed by atoms with Gasteiger partial charge in [0.1, 0.15) is 5.75 Å². The number of aryl methyl sites for hydroxylation is 1. The van der Waals surface area contributed by atoms with E-state index in [1.54, 1.807) is 0 Å². The van der Waals surface area contributed by atoms with Gasteiger partial charge in [0, 0.05) is 18.1 Å². The van der Waals surface area contributed by atoms with E-state index in [2.05, 4.69) is 23.3 Å². The van der Waals surface area contributed by atoms with Crippen molar-refractivity contribution in [3.8, 4) is 5.75 Å². The number of ether oxygens (including phenoxy) is 1. The van der Waals surface area contributed by atoms with Gasteiger partial charge in [-0.3, -0.25) is 4.79 Å². The van der Waals surface area contributed by atoms with Crippen molar-refractivity contribution in [2.24, 2.45) is 0 Å². The summed E-state index contributed by atoms with van der Waals surface area (Å²) in [5, 5.41) is 6.60. The largest absolute Gasteiger partial charge is 0.495 e. The van der Waals surface area contributed by atoms with Gasteiger partial charge in [0.25, 0.3) is 5.91 Å². The molecule has 1 amide bonds. The van der Waals surface area contributed by atoms with E-state index in [9.17, 15) is 18.0 Å². The lowest BCUT2D eigenvalue weighted by Gasteiger charge is -2.33. The zero-order chi connectivity index (χ0) is 19.8. The standard InChI is InChI=1S/C19H25F3N2O2S/c1-10-9-12(19(20,21)22)17(27)16(26-2)15(10)18(25)24-14-8-4-7-13(14)23-11-5-3-6-11/h9,11,13-14,23,27H,3-8H2,1-2H3,(H,24,25)/t13-,14+/m0/s1. The lowest BCUT2D eigenvalue weighted by atomic mass is 9.92. The molecule has 2 aliphatic rings. The van der Waals surface area contributed by atoms with Crippen molar-refractivity contribution in [2.45, 2.75) is 74.6 Å². The summed E-state index contributed by atoms with van der Waals surface area (Å²) in [5.74, 6) is -0.551. The first kappa shape index (κ1) is 20.3. The maximum atomic E-state index is 13.2. The molecular formula is C19H25F3N2O2S. The molecular weight excluding hydrogens is 377 g/mol. The number of benzene rings is 1. The second kappa shape index (κ2) is 7.91. The van der Waals surface area contributed by atoms with Crippen molar-refractivity contribution in [2.75, 3.05) is 7.11 Å². The summed E-state index contributed by atoms with van der Waals surface area (Å²) >= 11 is 3.99. The third-order valence-electron chi connectivity index (χ3n) is 5.58. The van der Waals surface area contributed by atoms with Gasteiger partial charge in [0.05, 0.1) is 23.1 Å². The van der Waals surface area contributed by atoms with Gasteiger partial charge < -0.3 is 15.4 Å². The van der Waals surface area contributed by atoms with Crippen LogP contribution in [0.3, 0.4) is 0 Å². The van der Waals surface area contributed by atoms with Gasteiger partial charge in [0.15, 0.2) is 0 Å². The number of methoxy groups -OCH3 is 1. The van der Waals surface area contributed by atoms with Crippen LogP contribution in [0.5, 0.6) is 5.75 Å². The minimum atomic E-state index is -4.56. The number of amides is 1. The second-order valence-electron chi connectivity index (χ2n) is 7.41. The Balaban J connectivity index is 1.82. The lowest BCUT2D eigenvalue weighted by Crippen LogP contribution is -2.51. The van der Waals surface area contributed by atoms with E-state index >= 15 is 0 Å². The third kappa shape index (κ3) is 4.21. The number of thiol groups is 1.